The second kappa shape index (κ2) is 6.87. The first-order valence-corrected chi connectivity index (χ1v) is 8.98. The maximum absolute atomic E-state index is 12.5. The molecule has 1 aliphatic carbocycles. The highest BCUT2D eigenvalue weighted by Gasteiger charge is 2.26. The SMILES string of the molecule is CCc1ccc(CN)cc1S(=O)(=O)NCCN(C)C1CC1. The topological polar surface area (TPSA) is 75.4 Å². The Bertz CT molecular complexity index is 583. The van der Waals surface area contributed by atoms with Gasteiger partial charge in [0, 0.05) is 25.7 Å². The number of hydrogen-bond acceptors (Lipinski definition) is 4. The predicted molar refractivity (Wildman–Crippen MR) is 84.6 cm³/mol. The van der Waals surface area contributed by atoms with Gasteiger partial charge in [0.25, 0.3) is 0 Å². The molecule has 0 heterocycles. The van der Waals surface area contributed by atoms with E-state index in [1.165, 1.54) is 12.8 Å². The van der Waals surface area contributed by atoms with Crippen LogP contribution in [0.25, 0.3) is 0 Å². The quantitative estimate of drug-likeness (QED) is 0.753. The van der Waals surface area contributed by atoms with Crippen LogP contribution in [0.15, 0.2) is 23.1 Å². The van der Waals surface area contributed by atoms with Gasteiger partial charge in [-0.2, -0.15) is 0 Å². The minimum Gasteiger partial charge on any atom is -0.326 e. The summed E-state index contributed by atoms with van der Waals surface area (Å²) in [4.78, 5) is 2.57. The number of hydrogen-bond donors (Lipinski definition) is 2. The first-order valence-electron chi connectivity index (χ1n) is 7.49. The highest BCUT2D eigenvalue weighted by atomic mass is 32.2. The molecule has 6 heteroatoms. The van der Waals surface area contributed by atoms with Crippen LogP contribution in [-0.2, 0) is 23.0 Å². The lowest BCUT2D eigenvalue weighted by molar-refractivity contribution is 0.329. The maximum Gasteiger partial charge on any atom is 0.240 e. The summed E-state index contributed by atoms with van der Waals surface area (Å²) < 4.78 is 27.7. The van der Waals surface area contributed by atoms with Gasteiger partial charge in [-0.05, 0) is 43.5 Å². The molecule has 0 amide bonds. The number of nitrogens with one attached hydrogen (secondary N) is 1. The molecule has 0 aromatic heterocycles. The van der Waals surface area contributed by atoms with Crippen molar-refractivity contribution in [3.8, 4) is 0 Å². The molecule has 0 radical (unpaired) electrons. The fraction of sp³-hybridized carbons (Fsp3) is 0.600. The Balaban J connectivity index is 2.06. The lowest BCUT2D eigenvalue weighted by Crippen LogP contribution is -2.34. The summed E-state index contributed by atoms with van der Waals surface area (Å²) >= 11 is 0. The highest BCUT2D eigenvalue weighted by Crippen LogP contribution is 2.24. The molecule has 0 saturated heterocycles. The third-order valence-corrected chi connectivity index (χ3v) is 5.51. The van der Waals surface area contributed by atoms with Crippen molar-refractivity contribution in [2.75, 3.05) is 20.1 Å². The minimum atomic E-state index is -3.47. The van der Waals surface area contributed by atoms with Gasteiger partial charge in [0.1, 0.15) is 0 Å². The molecule has 2 rings (SSSR count). The van der Waals surface area contributed by atoms with Gasteiger partial charge in [-0.25, -0.2) is 13.1 Å². The van der Waals surface area contributed by atoms with Crippen LogP contribution in [0.1, 0.15) is 30.9 Å². The summed E-state index contributed by atoms with van der Waals surface area (Å²) in [6, 6.07) is 6.07. The Morgan fingerprint density at radius 1 is 1.38 bits per heavy atom. The van der Waals surface area contributed by atoms with E-state index in [1.54, 1.807) is 6.07 Å². The van der Waals surface area contributed by atoms with Crippen molar-refractivity contribution >= 4 is 10.0 Å². The van der Waals surface area contributed by atoms with Crippen LogP contribution in [-0.4, -0.2) is 39.5 Å². The third kappa shape index (κ3) is 4.26. The lowest BCUT2D eigenvalue weighted by Gasteiger charge is -2.17. The molecule has 3 N–H and O–H groups in total. The Hall–Kier alpha value is -0.950. The molecule has 0 unspecified atom stereocenters. The summed E-state index contributed by atoms with van der Waals surface area (Å²) in [5.41, 5.74) is 7.28. The van der Waals surface area contributed by atoms with Gasteiger partial charge in [-0.3, -0.25) is 0 Å². The largest absolute Gasteiger partial charge is 0.326 e. The molecule has 0 spiro atoms. The third-order valence-electron chi connectivity index (χ3n) is 3.96. The van der Waals surface area contributed by atoms with E-state index in [4.69, 9.17) is 5.73 Å². The molecular weight excluding hydrogens is 286 g/mol. The van der Waals surface area contributed by atoms with Crippen LogP contribution >= 0.6 is 0 Å². The molecule has 118 valence electrons. The standard InChI is InChI=1S/C15H25N3O2S/c1-3-13-5-4-12(11-16)10-15(13)21(19,20)17-8-9-18(2)14-6-7-14/h4-5,10,14,17H,3,6-9,11,16H2,1-2H3. The molecule has 0 atom stereocenters. The predicted octanol–water partition coefficient (Wildman–Crippen LogP) is 1.08. The fourth-order valence-electron chi connectivity index (χ4n) is 2.40. The van der Waals surface area contributed by atoms with Crippen molar-refractivity contribution in [3.05, 3.63) is 29.3 Å². The molecule has 1 aliphatic rings. The van der Waals surface area contributed by atoms with Gasteiger partial charge in [-0.15, -0.1) is 0 Å². The number of likely N-dealkylation sites (N-methyl/N-ethyl adjacent to an activating group) is 1. The lowest BCUT2D eigenvalue weighted by atomic mass is 10.1. The van der Waals surface area contributed by atoms with Crippen LogP contribution in [0.4, 0.5) is 0 Å². The van der Waals surface area contributed by atoms with Gasteiger partial charge in [0.2, 0.25) is 10.0 Å². The van der Waals surface area contributed by atoms with Crippen LogP contribution in [0.2, 0.25) is 0 Å². The molecular formula is C15H25N3O2S. The van der Waals surface area contributed by atoms with Gasteiger partial charge in [-0.1, -0.05) is 19.1 Å². The number of aryl methyl sites for hydroxylation is 1. The molecule has 1 aromatic carbocycles. The van der Waals surface area contributed by atoms with Crippen molar-refractivity contribution < 1.29 is 8.42 Å². The average molecular weight is 311 g/mol. The normalized spacial score (nSPS) is 15.6. The van der Waals surface area contributed by atoms with E-state index in [0.29, 0.717) is 30.4 Å². The summed E-state index contributed by atoms with van der Waals surface area (Å²) in [6.07, 6.45) is 3.13. The Kier molecular flexibility index (Phi) is 5.37. The van der Waals surface area contributed by atoms with E-state index in [-0.39, 0.29) is 0 Å². The number of benzene rings is 1. The first-order chi connectivity index (χ1) is 9.97. The molecule has 1 fully saturated rings. The van der Waals surface area contributed by atoms with Crippen LogP contribution in [0, 0.1) is 0 Å². The van der Waals surface area contributed by atoms with Gasteiger partial charge in [0.05, 0.1) is 4.90 Å². The van der Waals surface area contributed by atoms with E-state index >= 15 is 0 Å². The van der Waals surface area contributed by atoms with Crippen molar-refractivity contribution in [2.24, 2.45) is 5.73 Å². The fourth-order valence-corrected chi connectivity index (χ4v) is 3.78. The minimum absolute atomic E-state index is 0.344. The second-order valence-electron chi connectivity index (χ2n) is 5.61. The monoisotopic (exact) mass is 311 g/mol. The van der Waals surface area contributed by atoms with Crippen molar-refractivity contribution in [1.82, 2.24) is 9.62 Å². The number of rotatable bonds is 8. The summed E-state index contributed by atoms with van der Waals surface area (Å²) in [5, 5.41) is 0. The molecule has 1 saturated carbocycles. The summed E-state index contributed by atoms with van der Waals surface area (Å²) in [7, 11) is -1.43. The van der Waals surface area contributed by atoms with E-state index in [1.807, 2.05) is 26.1 Å². The molecule has 0 bridgehead atoms. The number of nitrogens with two attached hydrogens (primary N) is 1. The first kappa shape index (κ1) is 16.4. The zero-order chi connectivity index (χ0) is 15.5. The van der Waals surface area contributed by atoms with Crippen LogP contribution < -0.4 is 10.5 Å². The van der Waals surface area contributed by atoms with E-state index in [9.17, 15) is 8.42 Å². The van der Waals surface area contributed by atoms with Crippen molar-refractivity contribution in [1.29, 1.82) is 0 Å². The zero-order valence-electron chi connectivity index (χ0n) is 12.8. The van der Waals surface area contributed by atoms with E-state index < -0.39 is 10.0 Å². The zero-order valence-corrected chi connectivity index (χ0v) is 13.6. The molecule has 0 aliphatic heterocycles. The Morgan fingerprint density at radius 2 is 2.10 bits per heavy atom. The molecule has 21 heavy (non-hydrogen) atoms. The van der Waals surface area contributed by atoms with Gasteiger partial charge in [0.15, 0.2) is 0 Å². The number of sulfonamides is 1. The summed E-state index contributed by atoms with van der Waals surface area (Å²) in [5.74, 6) is 0. The summed E-state index contributed by atoms with van der Waals surface area (Å²) in [6.45, 7) is 3.47. The van der Waals surface area contributed by atoms with Crippen LogP contribution in [0.3, 0.4) is 0 Å². The van der Waals surface area contributed by atoms with Crippen molar-refractivity contribution in [2.45, 2.75) is 43.7 Å². The van der Waals surface area contributed by atoms with E-state index in [2.05, 4.69) is 9.62 Å². The Labute approximate surface area is 127 Å². The Morgan fingerprint density at radius 3 is 2.67 bits per heavy atom. The number of nitrogens with zero attached hydrogens (tertiary/aromatic N) is 1. The van der Waals surface area contributed by atoms with Crippen molar-refractivity contribution in [3.63, 3.8) is 0 Å². The molecule has 1 aromatic rings. The van der Waals surface area contributed by atoms with Crippen LogP contribution in [0.5, 0.6) is 0 Å². The van der Waals surface area contributed by atoms with Gasteiger partial charge >= 0.3 is 0 Å². The van der Waals surface area contributed by atoms with E-state index in [0.717, 1.165) is 17.7 Å². The second-order valence-corrected chi connectivity index (χ2v) is 7.34. The van der Waals surface area contributed by atoms with Gasteiger partial charge < -0.3 is 10.6 Å². The highest BCUT2D eigenvalue weighted by molar-refractivity contribution is 7.89. The maximum atomic E-state index is 12.5. The average Bonchev–Trinajstić information content (AvgIpc) is 3.31. The smallest absolute Gasteiger partial charge is 0.240 e. The molecule has 5 nitrogen and oxygen atoms in total.